The Balaban J connectivity index is 3.08. The van der Waals surface area contributed by atoms with E-state index in [0.717, 1.165) is 12.8 Å². The average molecular weight is 484 g/mol. The number of carbonyl (C=O) groups is 1. The Morgan fingerprint density at radius 2 is 1.29 bits per heavy atom. The third-order valence-corrected chi connectivity index (χ3v) is 8.24. The van der Waals surface area contributed by atoms with Crippen LogP contribution in [0.2, 0.25) is 6.04 Å². The third kappa shape index (κ3) is 18.7. The molecule has 0 rings (SSSR count). The van der Waals surface area contributed by atoms with Crippen LogP contribution in [0.15, 0.2) is 12.2 Å². The summed E-state index contributed by atoms with van der Waals surface area (Å²) in [5.74, 6) is -0.257. The topological polar surface area (TPSA) is 26.3 Å². The summed E-state index contributed by atoms with van der Waals surface area (Å²) in [5, 5.41) is 0. The molecule has 0 aromatic carbocycles. The zero-order valence-corrected chi connectivity index (χ0v) is 20.0. The van der Waals surface area contributed by atoms with E-state index in [1.807, 2.05) is 0 Å². The van der Waals surface area contributed by atoms with Crippen molar-refractivity contribution in [2.24, 2.45) is 0 Å². The molecule has 0 heterocycles. The Hall–Kier alpha value is 0.387. The maximum Gasteiger partial charge on any atom is 0.333 e. The number of hydrogen-bond acceptors (Lipinski definition) is 2. The minimum absolute atomic E-state index is 0.0815. The fraction of sp³-hybridized carbons (Fsp3) is 0.842. The van der Waals surface area contributed by atoms with Crippen molar-refractivity contribution in [2.45, 2.75) is 93.4 Å². The molecule has 0 aliphatic heterocycles. The lowest BCUT2D eigenvalue weighted by atomic mass is 10.1. The maximum atomic E-state index is 11.2. The molecule has 0 N–H and O–H groups in total. The molecule has 24 heavy (non-hydrogen) atoms. The van der Waals surface area contributed by atoms with Crippen molar-refractivity contribution < 1.29 is 9.53 Å². The van der Waals surface area contributed by atoms with Gasteiger partial charge in [0.2, 0.25) is 0 Å². The van der Waals surface area contributed by atoms with E-state index in [0.29, 0.717) is 15.5 Å². The highest BCUT2D eigenvalue weighted by atomic mass is 79.9. The van der Waals surface area contributed by atoms with Gasteiger partial charge in [0.1, 0.15) is 0 Å². The summed E-state index contributed by atoms with van der Waals surface area (Å²) in [6, 6.07) is 1.47. The second-order valence-corrected chi connectivity index (χ2v) is 14.6. The van der Waals surface area contributed by atoms with Gasteiger partial charge < -0.3 is 4.74 Å². The predicted octanol–water partition coefficient (Wildman–Crippen LogP) is 6.45. The molecule has 0 saturated heterocycles. The van der Waals surface area contributed by atoms with E-state index in [9.17, 15) is 4.79 Å². The van der Waals surface area contributed by atoms with Crippen molar-refractivity contribution in [3.8, 4) is 0 Å². The number of rotatable bonds is 17. The van der Waals surface area contributed by atoms with Gasteiger partial charge in [0.05, 0.1) is 9.97 Å². The van der Waals surface area contributed by atoms with Crippen molar-refractivity contribution in [3.63, 3.8) is 0 Å². The molecule has 5 heteroatoms. The molecule has 0 fully saturated rings. The van der Waals surface area contributed by atoms with Gasteiger partial charge in [-0.15, -0.1) is 0 Å². The van der Waals surface area contributed by atoms with Crippen molar-refractivity contribution >= 4 is 47.3 Å². The number of ether oxygens (including phenoxy) is 1. The van der Waals surface area contributed by atoms with Crippen LogP contribution >= 0.6 is 31.9 Å². The van der Waals surface area contributed by atoms with Crippen LogP contribution in [0.4, 0.5) is 0 Å². The summed E-state index contributed by atoms with van der Waals surface area (Å²) in [6.07, 6.45) is 16.0. The van der Waals surface area contributed by atoms with Crippen LogP contribution in [0.3, 0.4) is 0 Å². The van der Waals surface area contributed by atoms with Crippen molar-refractivity contribution in [2.75, 3.05) is 6.61 Å². The van der Waals surface area contributed by atoms with Gasteiger partial charge in [0, 0.05) is 15.1 Å². The molecule has 0 aliphatic rings. The summed E-state index contributed by atoms with van der Waals surface area (Å²) in [6.45, 7) is 5.80. The fourth-order valence-corrected chi connectivity index (χ4v) is 5.53. The zero-order chi connectivity index (χ0) is 18.0. The van der Waals surface area contributed by atoms with E-state index in [-0.39, 0.29) is 15.5 Å². The second kappa shape index (κ2) is 18.2. The minimum Gasteiger partial charge on any atom is -0.462 e. The Kier molecular flexibility index (Phi) is 18.5. The molecule has 0 saturated carbocycles. The Bertz CT molecular complexity index is 322. The van der Waals surface area contributed by atoms with Crippen LogP contribution in [0, 0.1) is 0 Å². The first-order chi connectivity index (χ1) is 11.5. The molecule has 142 valence electrons. The molecular formula is C19H36Br2O2Si. The van der Waals surface area contributed by atoms with Crippen molar-refractivity contribution in [1.29, 1.82) is 0 Å². The number of alkyl halides is 2. The molecule has 0 bridgehead atoms. The summed E-state index contributed by atoms with van der Waals surface area (Å²) < 4.78 is 5.72. The second-order valence-electron chi connectivity index (χ2n) is 6.69. The lowest BCUT2D eigenvalue weighted by Crippen LogP contribution is -2.05. The van der Waals surface area contributed by atoms with E-state index in [1.54, 1.807) is 6.92 Å². The first kappa shape index (κ1) is 24.4. The smallest absolute Gasteiger partial charge is 0.333 e. The van der Waals surface area contributed by atoms with Gasteiger partial charge in [-0.25, -0.2) is 4.79 Å². The first-order valence-corrected chi connectivity index (χ1v) is 13.3. The van der Waals surface area contributed by atoms with Gasteiger partial charge in [-0.3, -0.25) is 0 Å². The minimum atomic E-state index is -0.257. The van der Waals surface area contributed by atoms with Crippen LogP contribution < -0.4 is 0 Å². The molecule has 0 aromatic heterocycles. The van der Waals surface area contributed by atoms with Crippen LogP contribution in [-0.4, -0.2) is 25.5 Å². The fourth-order valence-electron chi connectivity index (χ4n) is 2.63. The van der Waals surface area contributed by atoms with Crippen LogP contribution in [0.25, 0.3) is 0 Å². The molecule has 0 unspecified atom stereocenters. The average Bonchev–Trinajstić information content (AvgIpc) is 2.53. The van der Waals surface area contributed by atoms with Gasteiger partial charge in [-0.05, 0) is 13.3 Å². The number of esters is 1. The molecule has 0 spiro atoms. The lowest BCUT2D eigenvalue weighted by molar-refractivity contribution is -0.139. The number of unbranched alkanes of at least 4 members (excludes halogenated alkanes) is 11. The van der Waals surface area contributed by atoms with Crippen LogP contribution in [0.1, 0.15) is 84.0 Å². The predicted molar refractivity (Wildman–Crippen MR) is 116 cm³/mol. The van der Waals surface area contributed by atoms with Gasteiger partial charge in [-0.1, -0.05) is 115 Å². The molecule has 2 nitrogen and oxygen atoms in total. The SMILES string of the molecule is C=C(C)C(=O)OCCCCCCCCCCCCCC[SiH2]C(Br)Br. The molecular weight excluding hydrogens is 448 g/mol. The number of halogens is 2. The normalized spacial score (nSPS) is 11.5. The Labute approximate surface area is 168 Å². The maximum absolute atomic E-state index is 11.2. The van der Waals surface area contributed by atoms with Crippen LogP contribution in [-0.2, 0) is 9.53 Å². The molecule has 0 aromatic rings. The highest BCUT2D eigenvalue weighted by Gasteiger charge is 2.01. The van der Waals surface area contributed by atoms with Gasteiger partial charge in [-0.2, -0.15) is 0 Å². The third-order valence-electron chi connectivity index (χ3n) is 4.15. The summed E-state index contributed by atoms with van der Waals surface area (Å²) in [4.78, 5) is 11.2. The largest absolute Gasteiger partial charge is 0.462 e. The van der Waals surface area contributed by atoms with E-state index in [2.05, 4.69) is 38.4 Å². The summed E-state index contributed by atoms with van der Waals surface area (Å²) in [5.41, 5.74) is 0.489. The van der Waals surface area contributed by atoms with E-state index in [1.165, 1.54) is 70.3 Å². The standard InChI is InChI=1S/C19H36Br2O2Si/c1-17(2)18(22)23-15-13-11-9-7-5-3-4-6-8-10-12-14-16-24-19(20)21/h19H,1,3-16,24H2,2H3. The Morgan fingerprint density at radius 3 is 1.71 bits per heavy atom. The van der Waals surface area contributed by atoms with Crippen molar-refractivity contribution in [1.82, 2.24) is 0 Å². The molecule has 0 aliphatic carbocycles. The summed E-state index contributed by atoms with van der Waals surface area (Å²) in [7, 11) is 0.0815. The van der Waals surface area contributed by atoms with Gasteiger partial charge in [0.15, 0.2) is 0 Å². The van der Waals surface area contributed by atoms with Gasteiger partial charge >= 0.3 is 5.97 Å². The van der Waals surface area contributed by atoms with E-state index < -0.39 is 0 Å². The molecule has 0 amide bonds. The Morgan fingerprint density at radius 1 is 0.875 bits per heavy atom. The van der Waals surface area contributed by atoms with Gasteiger partial charge in [0.25, 0.3) is 0 Å². The van der Waals surface area contributed by atoms with E-state index in [4.69, 9.17) is 4.74 Å². The van der Waals surface area contributed by atoms with Crippen molar-refractivity contribution in [3.05, 3.63) is 12.2 Å². The number of hydrogen-bond donors (Lipinski definition) is 0. The first-order valence-electron chi connectivity index (χ1n) is 9.65. The lowest BCUT2D eigenvalue weighted by Gasteiger charge is -2.05. The quantitative estimate of drug-likeness (QED) is 0.0780. The zero-order valence-electron chi connectivity index (χ0n) is 15.5. The number of carbonyl (C=O) groups excluding carboxylic acids is 1. The van der Waals surface area contributed by atoms with Crippen LogP contribution in [0.5, 0.6) is 0 Å². The monoisotopic (exact) mass is 482 g/mol. The summed E-state index contributed by atoms with van der Waals surface area (Å²) >= 11 is 7.16. The molecule has 0 radical (unpaired) electrons. The highest BCUT2D eigenvalue weighted by molar-refractivity contribution is 9.25. The van der Waals surface area contributed by atoms with E-state index >= 15 is 0 Å². The molecule has 0 atom stereocenters. The highest BCUT2D eigenvalue weighted by Crippen LogP contribution is 2.14.